The Kier molecular flexibility index (Phi) is 5.03. The predicted molar refractivity (Wildman–Crippen MR) is 96.4 cm³/mol. The van der Waals surface area contributed by atoms with Crippen molar-refractivity contribution in [3.8, 4) is 0 Å². The van der Waals surface area contributed by atoms with Gasteiger partial charge in [-0.1, -0.05) is 31.2 Å². The summed E-state index contributed by atoms with van der Waals surface area (Å²) in [7, 11) is 1.41. The summed E-state index contributed by atoms with van der Waals surface area (Å²) in [6, 6.07) is 0. The average Bonchev–Trinajstić information content (AvgIpc) is 2.54. The Balaban J connectivity index is 2.46. The van der Waals surface area contributed by atoms with Crippen molar-refractivity contribution in [3.05, 3.63) is 48.1 Å². The molecule has 0 radical (unpaired) electrons. The fourth-order valence-corrected chi connectivity index (χ4v) is 4.16. The first-order valence-electron chi connectivity index (χ1n) is 8.52. The summed E-state index contributed by atoms with van der Waals surface area (Å²) in [5.74, 6) is 0.0980. The van der Waals surface area contributed by atoms with Crippen LogP contribution in [0.2, 0.25) is 0 Å². The molecule has 0 aromatic heterocycles. The summed E-state index contributed by atoms with van der Waals surface area (Å²) in [6.45, 7) is 14.1. The van der Waals surface area contributed by atoms with Crippen LogP contribution in [-0.2, 0) is 14.3 Å². The molecule has 1 saturated carbocycles. The molecule has 1 fully saturated rings. The highest BCUT2D eigenvalue weighted by atomic mass is 16.5. The Morgan fingerprint density at radius 1 is 1.46 bits per heavy atom. The lowest BCUT2D eigenvalue weighted by Crippen LogP contribution is -2.39. The normalized spacial score (nSPS) is 32.3. The molecule has 0 aliphatic heterocycles. The minimum absolute atomic E-state index is 0.0582. The van der Waals surface area contributed by atoms with Crippen molar-refractivity contribution in [1.82, 2.24) is 0 Å². The van der Waals surface area contributed by atoms with Gasteiger partial charge in [0.25, 0.3) is 0 Å². The van der Waals surface area contributed by atoms with Crippen LogP contribution in [0.15, 0.2) is 48.1 Å². The molecule has 0 aromatic rings. The van der Waals surface area contributed by atoms with Crippen LogP contribution in [0.3, 0.4) is 0 Å². The number of carbonyl (C=O) groups is 2. The van der Waals surface area contributed by atoms with E-state index >= 15 is 0 Å². The highest BCUT2D eigenvalue weighted by molar-refractivity contribution is 6.00. The van der Waals surface area contributed by atoms with Gasteiger partial charge in [-0.15, -0.1) is 6.58 Å². The Labute approximate surface area is 145 Å². The van der Waals surface area contributed by atoms with Crippen molar-refractivity contribution >= 4 is 11.8 Å². The fraction of sp³-hybridized carbons (Fsp3) is 0.524. The topological polar surface area (TPSA) is 43.4 Å². The van der Waals surface area contributed by atoms with Gasteiger partial charge in [-0.05, 0) is 61.7 Å². The van der Waals surface area contributed by atoms with E-state index in [1.165, 1.54) is 12.7 Å². The molecule has 130 valence electrons. The maximum absolute atomic E-state index is 12.7. The van der Waals surface area contributed by atoms with Crippen molar-refractivity contribution in [2.45, 2.75) is 46.5 Å². The largest absolute Gasteiger partial charge is 0.469 e. The van der Waals surface area contributed by atoms with Crippen LogP contribution >= 0.6 is 0 Å². The number of methoxy groups -OCH3 is 1. The maximum atomic E-state index is 12.7. The first kappa shape index (κ1) is 18.4. The van der Waals surface area contributed by atoms with Crippen LogP contribution in [-0.4, -0.2) is 18.9 Å². The number of hydrogen-bond acceptors (Lipinski definition) is 3. The molecule has 0 bridgehead atoms. The molecular formula is C21H28O3. The highest BCUT2D eigenvalue weighted by Gasteiger charge is 2.46. The van der Waals surface area contributed by atoms with E-state index in [1.54, 1.807) is 12.2 Å². The van der Waals surface area contributed by atoms with E-state index in [0.29, 0.717) is 12.8 Å². The van der Waals surface area contributed by atoms with Gasteiger partial charge >= 0.3 is 5.97 Å². The van der Waals surface area contributed by atoms with E-state index in [1.807, 2.05) is 13.8 Å². The van der Waals surface area contributed by atoms with Gasteiger partial charge in [0.2, 0.25) is 0 Å². The van der Waals surface area contributed by atoms with Gasteiger partial charge in [-0.3, -0.25) is 9.59 Å². The first-order chi connectivity index (χ1) is 11.2. The van der Waals surface area contributed by atoms with E-state index in [0.717, 1.165) is 24.0 Å². The molecule has 24 heavy (non-hydrogen) atoms. The van der Waals surface area contributed by atoms with Gasteiger partial charge in [-0.25, -0.2) is 0 Å². The lowest BCUT2D eigenvalue weighted by atomic mass is 9.56. The zero-order chi connectivity index (χ0) is 18.1. The van der Waals surface area contributed by atoms with E-state index in [9.17, 15) is 9.59 Å². The second kappa shape index (κ2) is 6.54. The van der Waals surface area contributed by atoms with Crippen molar-refractivity contribution in [1.29, 1.82) is 0 Å². The summed E-state index contributed by atoms with van der Waals surface area (Å²) < 4.78 is 4.81. The van der Waals surface area contributed by atoms with Crippen molar-refractivity contribution in [2.24, 2.45) is 16.7 Å². The van der Waals surface area contributed by atoms with Gasteiger partial charge in [0, 0.05) is 6.42 Å². The molecule has 0 aromatic carbocycles. The van der Waals surface area contributed by atoms with Crippen LogP contribution in [0.4, 0.5) is 0 Å². The SMILES string of the molecule is C=C[C@]1(C)C=C2CC[C@H](C(=C)C)[C@@](C)(CCC(=O)OC)C2=CC1=O. The monoisotopic (exact) mass is 328 g/mol. The summed E-state index contributed by atoms with van der Waals surface area (Å²) in [5.41, 5.74) is 2.48. The summed E-state index contributed by atoms with van der Waals surface area (Å²) >= 11 is 0. The second-order valence-corrected chi connectivity index (χ2v) is 7.51. The number of esters is 1. The molecule has 0 spiro atoms. The van der Waals surface area contributed by atoms with E-state index in [2.05, 4.69) is 26.2 Å². The molecule has 2 aliphatic carbocycles. The van der Waals surface area contributed by atoms with Gasteiger partial charge in [0.15, 0.2) is 5.78 Å². The number of ether oxygens (including phenoxy) is 1. The van der Waals surface area contributed by atoms with E-state index in [4.69, 9.17) is 4.74 Å². The van der Waals surface area contributed by atoms with Crippen LogP contribution in [0.1, 0.15) is 46.5 Å². The molecule has 0 heterocycles. The zero-order valence-corrected chi connectivity index (χ0v) is 15.3. The van der Waals surface area contributed by atoms with Crippen LogP contribution < -0.4 is 0 Å². The summed E-state index contributed by atoms with van der Waals surface area (Å²) in [5, 5.41) is 0. The Bertz CT molecular complexity index is 652. The van der Waals surface area contributed by atoms with Crippen LogP contribution in [0.25, 0.3) is 0 Å². The number of hydrogen-bond donors (Lipinski definition) is 0. The van der Waals surface area contributed by atoms with Gasteiger partial charge in [-0.2, -0.15) is 0 Å². The van der Waals surface area contributed by atoms with Crippen molar-refractivity contribution < 1.29 is 14.3 Å². The number of carbonyl (C=O) groups excluding carboxylic acids is 2. The number of fused-ring (bicyclic) bond motifs is 1. The maximum Gasteiger partial charge on any atom is 0.305 e. The predicted octanol–water partition coefficient (Wildman–Crippen LogP) is 4.56. The van der Waals surface area contributed by atoms with Gasteiger partial charge < -0.3 is 4.74 Å². The first-order valence-corrected chi connectivity index (χ1v) is 8.52. The number of ketones is 1. The molecule has 0 unspecified atom stereocenters. The zero-order valence-electron chi connectivity index (χ0n) is 15.3. The summed E-state index contributed by atoms with van der Waals surface area (Å²) in [4.78, 5) is 24.3. The fourth-order valence-electron chi connectivity index (χ4n) is 4.16. The third-order valence-corrected chi connectivity index (χ3v) is 5.81. The second-order valence-electron chi connectivity index (χ2n) is 7.51. The number of allylic oxidation sites excluding steroid dienone is 6. The van der Waals surface area contributed by atoms with E-state index in [-0.39, 0.29) is 23.1 Å². The van der Waals surface area contributed by atoms with Crippen molar-refractivity contribution in [3.63, 3.8) is 0 Å². The summed E-state index contributed by atoms with van der Waals surface area (Å²) in [6.07, 6.45) is 8.45. The Morgan fingerprint density at radius 2 is 2.12 bits per heavy atom. The molecule has 0 amide bonds. The molecule has 2 aliphatic rings. The minimum Gasteiger partial charge on any atom is -0.469 e. The van der Waals surface area contributed by atoms with Crippen LogP contribution in [0.5, 0.6) is 0 Å². The standard InChI is InChI=1S/C21H28O3/c1-7-20(4)13-15-8-9-16(14(2)3)21(5,11-10-19(23)24-6)17(15)12-18(20)22/h7,12-13,16H,1-2,8-11H2,3-6H3/t16-,20-,21-/m1/s1. The molecule has 3 heteroatoms. The molecule has 0 saturated heterocycles. The lowest BCUT2D eigenvalue weighted by molar-refractivity contribution is -0.141. The molecule has 3 atom stereocenters. The average molecular weight is 328 g/mol. The Hall–Kier alpha value is -1.90. The highest BCUT2D eigenvalue weighted by Crippen LogP contribution is 2.55. The Morgan fingerprint density at radius 3 is 2.67 bits per heavy atom. The minimum atomic E-state index is -0.627. The van der Waals surface area contributed by atoms with Gasteiger partial charge in [0.05, 0.1) is 12.5 Å². The third kappa shape index (κ3) is 3.04. The van der Waals surface area contributed by atoms with E-state index < -0.39 is 5.41 Å². The van der Waals surface area contributed by atoms with Crippen molar-refractivity contribution in [2.75, 3.05) is 7.11 Å². The number of rotatable bonds is 5. The molecule has 0 N–H and O–H groups in total. The molecular weight excluding hydrogens is 300 g/mol. The lowest BCUT2D eigenvalue weighted by Gasteiger charge is -2.47. The molecule has 2 rings (SSSR count). The van der Waals surface area contributed by atoms with Gasteiger partial charge in [0.1, 0.15) is 0 Å². The smallest absolute Gasteiger partial charge is 0.305 e. The quantitative estimate of drug-likeness (QED) is 0.549. The van der Waals surface area contributed by atoms with Crippen LogP contribution in [0, 0.1) is 16.7 Å². The molecule has 3 nitrogen and oxygen atoms in total. The third-order valence-electron chi connectivity index (χ3n) is 5.81.